The molecule has 0 aliphatic heterocycles. The predicted octanol–water partition coefficient (Wildman–Crippen LogP) is 3.04. The molecule has 0 radical (unpaired) electrons. The van der Waals surface area contributed by atoms with Gasteiger partial charge in [-0.3, -0.25) is 0 Å². The van der Waals surface area contributed by atoms with Gasteiger partial charge in [-0.1, -0.05) is 24.3 Å². The normalized spacial score (nSPS) is 21.7. The Balaban J connectivity index is 2.39. The highest BCUT2D eigenvalue weighted by Gasteiger charge is 2.19. The molecule has 1 aliphatic carbocycles. The molecular weight excluding hydrogens is 152 g/mol. The van der Waals surface area contributed by atoms with Crippen LogP contribution < -0.4 is 0 Å². The Kier molecular flexibility index (Phi) is 1.91. The largest absolute Gasteiger partial charge is 0.157 e. The number of benzene rings is 1. The van der Waals surface area contributed by atoms with Gasteiger partial charge in [0.05, 0.1) is 0 Å². The zero-order valence-corrected chi connectivity index (χ0v) is 7.53. The third-order valence-electron chi connectivity index (χ3n) is 2.36. The molecule has 1 aromatic carbocycles. The van der Waals surface area contributed by atoms with Crippen LogP contribution in [0.3, 0.4) is 0 Å². The Hall–Kier alpha value is -0.430. The summed E-state index contributed by atoms with van der Waals surface area (Å²) in [7, 11) is 0. The lowest BCUT2D eigenvalue weighted by Crippen LogP contribution is -1.84. The summed E-state index contributed by atoms with van der Waals surface area (Å²) in [5.74, 6) is 0. The summed E-state index contributed by atoms with van der Waals surface area (Å²) < 4.78 is 0. The molecule has 2 rings (SSSR count). The van der Waals surface area contributed by atoms with Crippen LogP contribution in [0, 0.1) is 0 Å². The van der Waals surface area contributed by atoms with E-state index >= 15 is 0 Å². The van der Waals surface area contributed by atoms with E-state index in [0.29, 0.717) is 0 Å². The molecule has 0 aromatic heterocycles. The van der Waals surface area contributed by atoms with E-state index in [1.807, 2.05) is 11.8 Å². The van der Waals surface area contributed by atoms with Gasteiger partial charge in [-0.15, -0.1) is 0 Å². The van der Waals surface area contributed by atoms with Gasteiger partial charge >= 0.3 is 0 Å². The molecule has 11 heavy (non-hydrogen) atoms. The lowest BCUT2D eigenvalue weighted by molar-refractivity contribution is 0.893. The van der Waals surface area contributed by atoms with Crippen molar-refractivity contribution >= 4 is 11.8 Å². The highest BCUT2D eigenvalue weighted by Crippen LogP contribution is 2.39. The van der Waals surface area contributed by atoms with Gasteiger partial charge in [0.25, 0.3) is 0 Å². The quantitative estimate of drug-likeness (QED) is 0.614. The number of rotatable bonds is 1. The molecule has 0 heterocycles. The van der Waals surface area contributed by atoms with E-state index in [0.717, 1.165) is 5.25 Å². The molecular formula is C10H12S. The zero-order chi connectivity index (χ0) is 7.68. The van der Waals surface area contributed by atoms with Crippen LogP contribution in [0.2, 0.25) is 0 Å². The van der Waals surface area contributed by atoms with E-state index in [4.69, 9.17) is 0 Å². The third kappa shape index (κ3) is 1.18. The maximum Gasteiger partial charge on any atom is 0.0300 e. The van der Waals surface area contributed by atoms with E-state index in [2.05, 4.69) is 30.5 Å². The van der Waals surface area contributed by atoms with Crippen LogP contribution in [-0.2, 0) is 6.42 Å². The first-order valence-corrected chi connectivity index (χ1v) is 5.31. The van der Waals surface area contributed by atoms with Crippen molar-refractivity contribution in [3.05, 3.63) is 35.4 Å². The van der Waals surface area contributed by atoms with Crippen LogP contribution in [0.4, 0.5) is 0 Å². The zero-order valence-electron chi connectivity index (χ0n) is 6.71. The van der Waals surface area contributed by atoms with Crippen LogP contribution in [0.1, 0.15) is 22.8 Å². The van der Waals surface area contributed by atoms with Gasteiger partial charge in [0.15, 0.2) is 0 Å². The lowest BCUT2D eigenvalue weighted by Gasteiger charge is -2.05. The molecule has 0 fully saturated rings. The fourth-order valence-electron chi connectivity index (χ4n) is 1.76. The van der Waals surface area contributed by atoms with Crippen LogP contribution in [0.5, 0.6) is 0 Å². The Labute approximate surface area is 72.0 Å². The minimum absolute atomic E-state index is 0.770. The Morgan fingerprint density at radius 3 is 3.00 bits per heavy atom. The summed E-state index contributed by atoms with van der Waals surface area (Å²) in [4.78, 5) is 0. The summed E-state index contributed by atoms with van der Waals surface area (Å²) in [5, 5.41) is 0.770. The Morgan fingerprint density at radius 1 is 1.36 bits per heavy atom. The molecule has 0 bridgehead atoms. The van der Waals surface area contributed by atoms with Crippen LogP contribution >= 0.6 is 11.8 Å². The van der Waals surface area contributed by atoms with Crippen molar-refractivity contribution in [1.29, 1.82) is 0 Å². The monoisotopic (exact) mass is 164 g/mol. The molecule has 0 saturated heterocycles. The van der Waals surface area contributed by atoms with Crippen molar-refractivity contribution < 1.29 is 0 Å². The number of thioether (sulfide) groups is 1. The van der Waals surface area contributed by atoms with Crippen molar-refractivity contribution in [1.82, 2.24) is 0 Å². The van der Waals surface area contributed by atoms with Gasteiger partial charge in [0.1, 0.15) is 0 Å². The van der Waals surface area contributed by atoms with Crippen molar-refractivity contribution in [3.63, 3.8) is 0 Å². The predicted molar refractivity (Wildman–Crippen MR) is 51.0 cm³/mol. The fraction of sp³-hybridized carbons (Fsp3) is 0.400. The number of fused-ring (bicyclic) bond motifs is 1. The van der Waals surface area contributed by atoms with Crippen molar-refractivity contribution in [2.45, 2.75) is 18.1 Å². The van der Waals surface area contributed by atoms with E-state index < -0.39 is 0 Å². The summed E-state index contributed by atoms with van der Waals surface area (Å²) in [6, 6.07) is 8.81. The van der Waals surface area contributed by atoms with Gasteiger partial charge < -0.3 is 0 Å². The van der Waals surface area contributed by atoms with Crippen LogP contribution in [0.25, 0.3) is 0 Å². The number of hydrogen-bond acceptors (Lipinski definition) is 1. The summed E-state index contributed by atoms with van der Waals surface area (Å²) >= 11 is 1.98. The first-order valence-electron chi connectivity index (χ1n) is 4.02. The minimum Gasteiger partial charge on any atom is -0.157 e. The molecule has 0 N–H and O–H groups in total. The fourth-order valence-corrected chi connectivity index (χ4v) is 2.60. The number of aryl methyl sites for hydroxylation is 1. The summed E-state index contributed by atoms with van der Waals surface area (Å²) in [5.41, 5.74) is 3.13. The Bertz CT molecular complexity index is 255. The molecule has 1 heteroatoms. The smallest absolute Gasteiger partial charge is 0.0300 e. The van der Waals surface area contributed by atoms with Crippen molar-refractivity contribution in [2.75, 3.05) is 6.26 Å². The average Bonchev–Trinajstić information content (AvgIpc) is 2.47. The highest BCUT2D eigenvalue weighted by atomic mass is 32.2. The van der Waals surface area contributed by atoms with Crippen molar-refractivity contribution in [2.24, 2.45) is 0 Å². The summed E-state index contributed by atoms with van der Waals surface area (Å²) in [6.45, 7) is 0. The van der Waals surface area contributed by atoms with Crippen LogP contribution in [-0.4, -0.2) is 6.26 Å². The molecule has 1 unspecified atom stereocenters. The molecule has 0 amide bonds. The molecule has 0 nitrogen and oxygen atoms in total. The second-order valence-electron chi connectivity index (χ2n) is 2.96. The second kappa shape index (κ2) is 2.90. The molecule has 1 aliphatic rings. The van der Waals surface area contributed by atoms with Gasteiger partial charge in [0.2, 0.25) is 0 Å². The molecule has 58 valence electrons. The third-order valence-corrected chi connectivity index (χ3v) is 3.42. The van der Waals surface area contributed by atoms with Crippen molar-refractivity contribution in [3.8, 4) is 0 Å². The molecule has 1 aromatic rings. The lowest BCUT2D eigenvalue weighted by atomic mass is 10.1. The van der Waals surface area contributed by atoms with Gasteiger partial charge in [-0.2, -0.15) is 11.8 Å². The maximum absolute atomic E-state index is 2.27. The average molecular weight is 164 g/mol. The van der Waals surface area contributed by atoms with Gasteiger partial charge in [0, 0.05) is 5.25 Å². The highest BCUT2D eigenvalue weighted by molar-refractivity contribution is 7.98. The first kappa shape index (κ1) is 7.23. The molecule has 1 atom stereocenters. The van der Waals surface area contributed by atoms with E-state index in [1.165, 1.54) is 12.8 Å². The van der Waals surface area contributed by atoms with E-state index in [1.54, 1.807) is 11.1 Å². The number of hydrogen-bond donors (Lipinski definition) is 0. The van der Waals surface area contributed by atoms with Gasteiger partial charge in [-0.25, -0.2) is 0 Å². The Morgan fingerprint density at radius 2 is 2.18 bits per heavy atom. The second-order valence-corrected chi connectivity index (χ2v) is 4.00. The van der Waals surface area contributed by atoms with E-state index in [9.17, 15) is 0 Å². The maximum atomic E-state index is 2.27. The standard InChI is InChI=1S/C10H12S/c1-11-10-7-6-8-4-2-3-5-9(8)10/h2-5,10H,6-7H2,1H3. The molecule has 0 spiro atoms. The van der Waals surface area contributed by atoms with Gasteiger partial charge in [-0.05, 0) is 30.2 Å². The first-order chi connectivity index (χ1) is 5.42. The van der Waals surface area contributed by atoms with Crippen LogP contribution in [0.15, 0.2) is 24.3 Å². The topological polar surface area (TPSA) is 0 Å². The SMILES string of the molecule is CSC1CCc2ccccc21. The minimum atomic E-state index is 0.770. The van der Waals surface area contributed by atoms with E-state index in [-0.39, 0.29) is 0 Å². The molecule has 0 saturated carbocycles. The summed E-state index contributed by atoms with van der Waals surface area (Å²) in [6.07, 6.45) is 4.81.